The number of hydrogen-bond donors (Lipinski definition) is 3. The molecule has 5 nitrogen and oxygen atoms in total. The second kappa shape index (κ2) is 10.7. The minimum absolute atomic E-state index is 0.259. The molecule has 1 aliphatic rings. The van der Waals surface area contributed by atoms with Crippen molar-refractivity contribution in [3.05, 3.63) is 100 Å². The van der Waals surface area contributed by atoms with Crippen molar-refractivity contribution in [2.45, 2.75) is 44.2 Å². The van der Waals surface area contributed by atoms with Crippen molar-refractivity contribution in [1.29, 1.82) is 0 Å². The van der Waals surface area contributed by atoms with E-state index in [1.807, 2.05) is 84.6 Å². The lowest BCUT2D eigenvalue weighted by atomic mass is 9.87. The molecule has 4 atom stereocenters. The van der Waals surface area contributed by atoms with Crippen molar-refractivity contribution >= 4 is 11.6 Å². The van der Waals surface area contributed by atoms with Crippen LogP contribution in [-0.4, -0.2) is 51.7 Å². The zero-order valence-electron chi connectivity index (χ0n) is 18.6. The molecule has 0 aliphatic carbocycles. The first-order valence-electron chi connectivity index (χ1n) is 11.3. The number of likely N-dealkylation sites (tertiary alicyclic amines) is 1. The van der Waals surface area contributed by atoms with Gasteiger partial charge in [0.2, 0.25) is 0 Å². The van der Waals surface area contributed by atoms with E-state index in [2.05, 4.69) is 0 Å². The van der Waals surface area contributed by atoms with Crippen LogP contribution in [0.5, 0.6) is 5.75 Å². The van der Waals surface area contributed by atoms with Crippen LogP contribution in [0.3, 0.4) is 0 Å². The third-order valence-electron chi connectivity index (χ3n) is 6.15. The molecule has 0 amide bonds. The summed E-state index contributed by atoms with van der Waals surface area (Å²) in [7, 11) is 0. The summed E-state index contributed by atoms with van der Waals surface area (Å²) in [5.41, 5.74) is 3.96. The van der Waals surface area contributed by atoms with Crippen LogP contribution < -0.4 is 4.74 Å². The highest BCUT2D eigenvalue weighted by atomic mass is 35.5. The maximum atomic E-state index is 10.9. The van der Waals surface area contributed by atoms with E-state index in [4.69, 9.17) is 16.3 Å². The second-order valence-corrected chi connectivity index (χ2v) is 8.92. The molecule has 4 rings (SSSR count). The number of ether oxygens (including phenoxy) is 1. The van der Waals surface area contributed by atoms with Gasteiger partial charge in [-0.1, -0.05) is 66.2 Å². The smallest absolute Gasteiger partial charge is 0.119 e. The van der Waals surface area contributed by atoms with Gasteiger partial charge in [-0.05, 0) is 53.8 Å². The van der Waals surface area contributed by atoms with Crippen LogP contribution in [0.2, 0.25) is 5.02 Å². The average Bonchev–Trinajstić information content (AvgIpc) is 2.82. The molecule has 0 aromatic heterocycles. The van der Waals surface area contributed by atoms with E-state index in [-0.39, 0.29) is 6.54 Å². The molecule has 33 heavy (non-hydrogen) atoms. The summed E-state index contributed by atoms with van der Waals surface area (Å²) in [5, 5.41) is 32.3. The van der Waals surface area contributed by atoms with Gasteiger partial charge in [0.05, 0.1) is 18.8 Å². The van der Waals surface area contributed by atoms with Gasteiger partial charge >= 0.3 is 0 Å². The zero-order valence-corrected chi connectivity index (χ0v) is 19.4. The Hall–Kier alpha value is -2.41. The second-order valence-electron chi connectivity index (χ2n) is 8.51. The lowest BCUT2D eigenvalue weighted by Gasteiger charge is -2.44. The molecule has 0 bridgehead atoms. The van der Waals surface area contributed by atoms with Gasteiger partial charge in [-0.15, -0.1) is 0 Å². The largest absolute Gasteiger partial charge is 0.494 e. The summed E-state index contributed by atoms with van der Waals surface area (Å²) >= 11 is 6.53. The molecule has 1 aliphatic heterocycles. The summed E-state index contributed by atoms with van der Waals surface area (Å²) in [6.07, 6.45) is -2.73. The number of β-amino-alcohol motifs (C(OH)–C–C–N with tert-alkyl or cyclic N) is 1. The lowest BCUT2D eigenvalue weighted by Crippen LogP contribution is -2.56. The third kappa shape index (κ3) is 5.57. The fourth-order valence-electron chi connectivity index (χ4n) is 4.49. The van der Waals surface area contributed by atoms with Crippen molar-refractivity contribution in [1.82, 2.24) is 4.90 Å². The van der Waals surface area contributed by atoms with Crippen molar-refractivity contribution in [3.63, 3.8) is 0 Å². The Balaban J connectivity index is 1.62. The number of aliphatic hydroxyl groups is 3. The molecule has 3 aromatic carbocycles. The molecule has 1 unspecified atom stereocenters. The quantitative estimate of drug-likeness (QED) is 0.490. The number of nitrogens with zero attached hydrogens (tertiary/aromatic N) is 1. The predicted molar refractivity (Wildman–Crippen MR) is 129 cm³/mol. The number of rotatable bonds is 7. The van der Waals surface area contributed by atoms with E-state index in [0.717, 1.165) is 28.0 Å². The minimum Gasteiger partial charge on any atom is -0.494 e. The topological polar surface area (TPSA) is 73.2 Å². The molecular weight excluding hydrogens is 438 g/mol. The van der Waals surface area contributed by atoms with Gasteiger partial charge in [0.1, 0.15) is 18.0 Å². The molecule has 0 radical (unpaired) electrons. The Bertz CT molecular complexity index is 1040. The first-order chi connectivity index (χ1) is 16.0. The summed E-state index contributed by atoms with van der Waals surface area (Å²) in [5.74, 6) is 0.829. The fraction of sp³-hybridized carbons (Fsp3) is 0.333. The minimum atomic E-state index is -1.22. The average molecular weight is 468 g/mol. The van der Waals surface area contributed by atoms with Gasteiger partial charge in [-0.3, -0.25) is 4.90 Å². The highest BCUT2D eigenvalue weighted by Gasteiger charge is 2.42. The van der Waals surface area contributed by atoms with E-state index in [1.165, 1.54) is 0 Å². The number of hydrogen-bond acceptors (Lipinski definition) is 5. The molecule has 3 aromatic rings. The molecule has 174 valence electrons. The van der Waals surface area contributed by atoms with Gasteiger partial charge in [0, 0.05) is 18.1 Å². The van der Waals surface area contributed by atoms with Crippen LogP contribution in [-0.2, 0) is 13.0 Å². The molecule has 0 saturated carbocycles. The van der Waals surface area contributed by atoms with Crippen LogP contribution >= 0.6 is 11.6 Å². The highest BCUT2D eigenvalue weighted by Crippen LogP contribution is 2.35. The van der Waals surface area contributed by atoms with E-state index >= 15 is 0 Å². The number of benzene rings is 3. The van der Waals surface area contributed by atoms with Gasteiger partial charge in [0.15, 0.2) is 0 Å². The van der Waals surface area contributed by atoms with Crippen molar-refractivity contribution in [2.75, 3.05) is 13.2 Å². The molecule has 1 saturated heterocycles. The Kier molecular flexibility index (Phi) is 7.68. The molecule has 1 heterocycles. The summed E-state index contributed by atoms with van der Waals surface area (Å²) in [6.45, 7) is 3.38. The Labute approximate surface area is 199 Å². The van der Waals surface area contributed by atoms with E-state index in [9.17, 15) is 15.3 Å². The predicted octanol–water partition coefficient (Wildman–Crippen LogP) is 3.97. The maximum Gasteiger partial charge on any atom is 0.119 e. The van der Waals surface area contributed by atoms with E-state index in [1.54, 1.807) is 0 Å². The van der Waals surface area contributed by atoms with Crippen molar-refractivity contribution < 1.29 is 20.1 Å². The SMILES string of the molecule is CCOc1ccc(Cc2cc([C@H]3[C@H](O)[C@@H](O)C(O)CN3Cc3ccccc3)ccc2Cl)cc1. The first-order valence-corrected chi connectivity index (χ1v) is 11.7. The number of halogens is 1. The normalized spacial score (nSPS) is 23.4. The molecule has 0 spiro atoms. The molecule has 1 fully saturated rings. The Morgan fingerprint density at radius 2 is 1.64 bits per heavy atom. The third-order valence-corrected chi connectivity index (χ3v) is 6.52. The van der Waals surface area contributed by atoms with Crippen LogP contribution in [0.25, 0.3) is 0 Å². The standard InChI is InChI=1S/C27H30ClNO4/c1-2-33-22-11-8-18(9-12-22)14-21-15-20(10-13-23(21)28)25-27(32)26(31)24(30)17-29(25)16-19-6-4-3-5-7-19/h3-13,15,24-27,30-32H,2,14,16-17H2,1H3/t24?,25-,26-,27-/m0/s1. The Morgan fingerprint density at radius 1 is 0.909 bits per heavy atom. The monoisotopic (exact) mass is 467 g/mol. The first kappa shape index (κ1) is 23.7. The van der Waals surface area contributed by atoms with Gasteiger partial charge in [-0.2, -0.15) is 0 Å². The zero-order chi connectivity index (χ0) is 23.4. The van der Waals surface area contributed by atoms with Crippen LogP contribution in [0.15, 0.2) is 72.8 Å². The lowest BCUT2D eigenvalue weighted by molar-refractivity contribution is -0.140. The highest BCUT2D eigenvalue weighted by molar-refractivity contribution is 6.31. The van der Waals surface area contributed by atoms with E-state index < -0.39 is 24.4 Å². The number of aliphatic hydroxyl groups excluding tert-OH is 3. The molecule has 6 heteroatoms. The summed E-state index contributed by atoms with van der Waals surface area (Å²) < 4.78 is 5.52. The molecule has 3 N–H and O–H groups in total. The van der Waals surface area contributed by atoms with Crippen LogP contribution in [0, 0.1) is 0 Å². The van der Waals surface area contributed by atoms with Crippen molar-refractivity contribution in [3.8, 4) is 5.75 Å². The summed E-state index contributed by atoms with van der Waals surface area (Å²) in [4.78, 5) is 2.02. The summed E-state index contributed by atoms with van der Waals surface area (Å²) in [6, 6.07) is 23.1. The molecular formula is C27H30ClNO4. The van der Waals surface area contributed by atoms with Crippen LogP contribution in [0.4, 0.5) is 0 Å². The van der Waals surface area contributed by atoms with Gasteiger partial charge < -0.3 is 20.1 Å². The fourth-order valence-corrected chi connectivity index (χ4v) is 4.67. The van der Waals surface area contributed by atoms with Crippen molar-refractivity contribution in [2.24, 2.45) is 0 Å². The van der Waals surface area contributed by atoms with Gasteiger partial charge in [-0.25, -0.2) is 0 Å². The maximum absolute atomic E-state index is 10.9. The van der Waals surface area contributed by atoms with Gasteiger partial charge in [0.25, 0.3) is 0 Å². The number of piperidine rings is 1. The van der Waals surface area contributed by atoms with E-state index in [0.29, 0.717) is 24.6 Å². The Morgan fingerprint density at radius 3 is 2.33 bits per heavy atom. The van der Waals surface area contributed by atoms with Crippen LogP contribution in [0.1, 0.15) is 35.2 Å².